The Morgan fingerprint density at radius 3 is 2.36 bits per heavy atom. The minimum Gasteiger partial charge on any atom is -0.489 e. The van der Waals surface area contributed by atoms with E-state index in [1.807, 2.05) is 30.3 Å². The Labute approximate surface area is 166 Å². The van der Waals surface area contributed by atoms with Crippen molar-refractivity contribution in [2.24, 2.45) is 0 Å². The lowest BCUT2D eigenvalue weighted by atomic mass is 10.0. The summed E-state index contributed by atoms with van der Waals surface area (Å²) >= 11 is 0. The summed E-state index contributed by atoms with van der Waals surface area (Å²) in [4.78, 5) is 0. The predicted molar refractivity (Wildman–Crippen MR) is 114 cm³/mol. The molecule has 0 radical (unpaired) electrons. The Bertz CT molecular complexity index is 1050. The van der Waals surface area contributed by atoms with E-state index in [1.165, 1.54) is 27.8 Å². The molecule has 0 aliphatic rings. The van der Waals surface area contributed by atoms with Crippen LogP contribution in [0.4, 0.5) is 0 Å². The number of nitrogens with one attached hydrogen (secondary N) is 1. The van der Waals surface area contributed by atoms with E-state index in [9.17, 15) is 0 Å². The minimum atomic E-state index is 0.583. The monoisotopic (exact) mass is 368 g/mol. The van der Waals surface area contributed by atoms with Gasteiger partial charge in [-0.3, -0.25) is 5.10 Å². The summed E-state index contributed by atoms with van der Waals surface area (Å²) in [5.74, 6) is 0.883. The normalized spacial score (nSPS) is 10.8. The van der Waals surface area contributed by atoms with Crippen LogP contribution in [-0.4, -0.2) is 10.2 Å². The zero-order chi connectivity index (χ0) is 19.3. The Morgan fingerprint density at radius 1 is 0.821 bits per heavy atom. The van der Waals surface area contributed by atoms with Crippen LogP contribution in [0.3, 0.4) is 0 Å². The molecule has 1 heterocycles. The first-order valence-electron chi connectivity index (χ1n) is 9.55. The molecule has 0 unspecified atom stereocenters. The van der Waals surface area contributed by atoms with Crippen molar-refractivity contribution in [2.45, 2.75) is 26.9 Å². The molecule has 3 heteroatoms. The SMILES string of the molecule is Cc1ccc(-c2cc(Cc3ccc(OCc4ccccc4)cc3)[nH]n2)c(C)c1. The molecule has 4 rings (SSSR count). The number of aromatic amines is 1. The van der Waals surface area contributed by atoms with Gasteiger partial charge in [-0.05, 0) is 48.7 Å². The maximum atomic E-state index is 5.86. The molecule has 0 bridgehead atoms. The van der Waals surface area contributed by atoms with Crippen LogP contribution in [0.15, 0.2) is 78.9 Å². The van der Waals surface area contributed by atoms with E-state index in [1.54, 1.807) is 0 Å². The topological polar surface area (TPSA) is 37.9 Å². The summed E-state index contributed by atoms with van der Waals surface area (Å²) in [5.41, 5.74) is 8.19. The van der Waals surface area contributed by atoms with Gasteiger partial charge in [-0.1, -0.05) is 66.2 Å². The van der Waals surface area contributed by atoms with E-state index >= 15 is 0 Å². The van der Waals surface area contributed by atoms with E-state index in [2.05, 4.69) is 72.6 Å². The molecule has 4 aromatic rings. The van der Waals surface area contributed by atoms with Gasteiger partial charge in [0.25, 0.3) is 0 Å². The van der Waals surface area contributed by atoms with Crippen molar-refractivity contribution >= 4 is 0 Å². The molecule has 28 heavy (non-hydrogen) atoms. The van der Waals surface area contributed by atoms with Crippen LogP contribution in [0, 0.1) is 13.8 Å². The molecule has 0 amide bonds. The molecular weight excluding hydrogens is 344 g/mol. The molecule has 0 spiro atoms. The fourth-order valence-corrected chi connectivity index (χ4v) is 3.36. The zero-order valence-corrected chi connectivity index (χ0v) is 16.3. The highest BCUT2D eigenvalue weighted by Crippen LogP contribution is 2.24. The molecule has 140 valence electrons. The standard InChI is InChI=1S/C25H24N2O/c1-18-8-13-24(19(2)14-18)25-16-22(26-27-25)15-20-9-11-23(12-10-20)28-17-21-6-4-3-5-7-21/h3-14,16H,15,17H2,1-2H3,(H,26,27). The number of aryl methyl sites for hydroxylation is 2. The van der Waals surface area contributed by atoms with Gasteiger partial charge in [-0.2, -0.15) is 5.10 Å². The molecule has 1 N–H and O–H groups in total. The van der Waals surface area contributed by atoms with E-state index < -0.39 is 0 Å². The minimum absolute atomic E-state index is 0.583. The van der Waals surface area contributed by atoms with Crippen LogP contribution in [0.2, 0.25) is 0 Å². The number of hydrogen-bond donors (Lipinski definition) is 1. The predicted octanol–water partition coefficient (Wildman–Crippen LogP) is 5.86. The quantitative estimate of drug-likeness (QED) is 0.463. The third-order valence-corrected chi connectivity index (χ3v) is 4.86. The van der Waals surface area contributed by atoms with Crippen molar-refractivity contribution in [1.29, 1.82) is 0 Å². The molecule has 0 saturated heterocycles. The van der Waals surface area contributed by atoms with Crippen LogP contribution in [0.1, 0.15) is 27.9 Å². The van der Waals surface area contributed by atoms with Crippen molar-refractivity contribution in [3.05, 3.63) is 107 Å². The zero-order valence-electron chi connectivity index (χ0n) is 16.3. The van der Waals surface area contributed by atoms with Crippen molar-refractivity contribution in [3.8, 4) is 17.0 Å². The second-order valence-electron chi connectivity index (χ2n) is 7.19. The first-order valence-corrected chi connectivity index (χ1v) is 9.55. The van der Waals surface area contributed by atoms with Crippen molar-refractivity contribution in [3.63, 3.8) is 0 Å². The average Bonchev–Trinajstić information content (AvgIpc) is 3.16. The molecule has 3 nitrogen and oxygen atoms in total. The van der Waals surface area contributed by atoms with Crippen molar-refractivity contribution in [1.82, 2.24) is 10.2 Å². The molecule has 3 aromatic carbocycles. The maximum Gasteiger partial charge on any atom is 0.119 e. The summed E-state index contributed by atoms with van der Waals surface area (Å²) in [6, 6.07) is 27.1. The fourth-order valence-electron chi connectivity index (χ4n) is 3.36. The summed E-state index contributed by atoms with van der Waals surface area (Å²) in [7, 11) is 0. The van der Waals surface area contributed by atoms with Gasteiger partial charge in [-0.15, -0.1) is 0 Å². The van der Waals surface area contributed by atoms with Crippen molar-refractivity contribution < 1.29 is 4.74 Å². The molecular formula is C25H24N2O. The molecule has 1 aromatic heterocycles. The second-order valence-corrected chi connectivity index (χ2v) is 7.19. The third kappa shape index (κ3) is 4.32. The molecule has 0 aliphatic heterocycles. The second kappa shape index (κ2) is 8.13. The van der Waals surface area contributed by atoms with E-state index in [-0.39, 0.29) is 0 Å². The number of benzene rings is 3. The van der Waals surface area contributed by atoms with Gasteiger partial charge < -0.3 is 4.74 Å². The number of nitrogens with zero attached hydrogens (tertiary/aromatic N) is 1. The van der Waals surface area contributed by atoms with Crippen molar-refractivity contribution in [2.75, 3.05) is 0 Å². The lowest BCUT2D eigenvalue weighted by Gasteiger charge is -2.07. The fraction of sp³-hybridized carbons (Fsp3) is 0.160. The molecule has 0 atom stereocenters. The highest BCUT2D eigenvalue weighted by atomic mass is 16.5. The summed E-state index contributed by atoms with van der Waals surface area (Å²) in [6.45, 7) is 4.82. The average molecular weight is 368 g/mol. The highest BCUT2D eigenvalue weighted by molar-refractivity contribution is 5.64. The van der Waals surface area contributed by atoms with Crippen LogP contribution in [0.5, 0.6) is 5.75 Å². The van der Waals surface area contributed by atoms with E-state index in [0.29, 0.717) is 6.61 Å². The molecule has 0 saturated carbocycles. The van der Waals surface area contributed by atoms with E-state index in [0.717, 1.165) is 23.6 Å². The van der Waals surface area contributed by atoms with E-state index in [4.69, 9.17) is 4.74 Å². The molecule has 0 aliphatic carbocycles. The highest BCUT2D eigenvalue weighted by Gasteiger charge is 2.08. The van der Waals surface area contributed by atoms with Gasteiger partial charge in [0.05, 0.1) is 5.69 Å². The van der Waals surface area contributed by atoms with Crippen LogP contribution in [-0.2, 0) is 13.0 Å². The smallest absolute Gasteiger partial charge is 0.119 e. The number of ether oxygens (including phenoxy) is 1. The van der Waals surface area contributed by atoms with Gasteiger partial charge in [0.15, 0.2) is 0 Å². The van der Waals surface area contributed by atoms with Gasteiger partial charge in [-0.25, -0.2) is 0 Å². The largest absolute Gasteiger partial charge is 0.489 e. The number of aromatic nitrogens is 2. The third-order valence-electron chi connectivity index (χ3n) is 4.86. The van der Waals surface area contributed by atoms with Crippen LogP contribution < -0.4 is 4.74 Å². The Morgan fingerprint density at radius 2 is 1.61 bits per heavy atom. The van der Waals surface area contributed by atoms with Crippen LogP contribution in [0.25, 0.3) is 11.3 Å². The Kier molecular flexibility index (Phi) is 5.24. The van der Waals surface area contributed by atoms with Gasteiger partial charge in [0.1, 0.15) is 12.4 Å². The first kappa shape index (κ1) is 18.1. The lowest BCUT2D eigenvalue weighted by Crippen LogP contribution is -1.95. The Balaban J connectivity index is 1.40. The number of H-pyrrole nitrogens is 1. The summed E-state index contributed by atoms with van der Waals surface area (Å²) in [6.07, 6.45) is 0.816. The maximum absolute atomic E-state index is 5.86. The molecule has 0 fully saturated rings. The van der Waals surface area contributed by atoms with Crippen LogP contribution >= 0.6 is 0 Å². The van der Waals surface area contributed by atoms with Gasteiger partial charge in [0, 0.05) is 17.7 Å². The Hall–Kier alpha value is -3.33. The lowest BCUT2D eigenvalue weighted by molar-refractivity contribution is 0.306. The van der Waals surface area contributed by atoms with Gasteiger partial charge in [0.2, 0.25) is 0 Å². The first-order chi connectivity index (χ1) is 13.7. The number of hydrogen-bond acceptors (Lipinski definition) is 2. The number of rotatable bonds is 6. The summed E-state index contributed by atoms with van der Waals surface area (Å²) < 4.78 is 5.86. The van der Waals surface area contributed by atoms with Gasteiger partial charge >= 0.3 is 0 Å². The summed E-state index contributed by atoms with van der Waals surface area (Å²) in [5, 5.41) is 7.68.